The molecule has 6 nitrogen and oxygen atoms in total. The van der Waals surface area contributed by atoms with Gasteiger partial charge in [-0.15, -0.1) is 0 Å². The second kappa shape index (κ2) is 11.1. The van der Waals surface area contributed by atoms with Gasteiger partial charge in [0.1, 0.15) is 0 Å². The van der Waals surface area contributed by atoms with E-state index in [1.165, 1.54) is 0 Å². The molecular formula is C32H31BrN2O4. The van der Waals surface area contributed by atoms with E-state index >= 15 is 0 Å². The van der Waals surface area contributed by atoms with Crippen LogP contribution < -0.4 is 20.1 Å². The highest BCUT2D eigenvalue weighted by Crippen LogP contribution is 2.46. The van der Waals surface area contributed by atoms with Crippen LogP contribution in [0.4, 0.5) is 5.69 Å². The number of halogens is 1. The monoisotopic (exact) mass is 586 g/mol. The van der Waals surface area contributed by atoms with Gasteiger partial charge in [0.2, 0.25) is 0 Å². The van der Waals surface area contributed by atoms with Crippen LogP contribution in [0.5, 0.6) is 11.5 Å². The first-order valence-electron chi connectivity index (χ1n) is 12.9. The summed E-state index contributed by atoms with van der Waals surface area (Å²) in [6, 6.07) is 21.3. The number of ether oxygens (including phenoxy) is 2. The van der Waals surface area contributed by atoms with Gasteiger partial charge in [-0.25, -0.2) is 0 Å². The summed E-state index contributed by atoms with van der Waals surface area (Å²) in [5.41, 5.74) is 6.53. The lowest BCUT2D eigenvalue weighted by Crippen LogP contribution is -2.37. The summed E-state index contributed by atoms with van der Waals surface area (Å²) in [5, 5.41) is 6.49. The Morgan fingerprint density at radius 3 is 2.36 bits per heavy atom. The molecule has 0 saturated heterocycles. The Labute approximate surface area is 237 Å². The molecule has 0 bridgehead atoms. The number of dihydropyridines is 1. The Morgan fingerprint density at radius 2 is 1.67 bits per heavy atom. The van der Waals surface area contributed by atoms with E-state index in [9.17, 15) is 9.59 Å². The van der Waals surface area contributed by atoms with Crippen LogP contribution in [0, 0.1) is 6.92 Å². The van der Waals surface area contributed by atoms with Gasteiger partial charge in [-0.3, -0.25) is 9.59 Å². The fourth-order valence-corrected chi connectivity index (χ4v) is 5.95. The van der Waals surface area contributed by atoms with Crippen molar-refractivity contribution in [1.82, 2.24) is 5.32 Å². The third-order valence-corrected chi connectivity index (χ3v) is 7.94. The van der Waals surface area contributed by atoms with Crippen molar-refractivity contribution in [2.45, 2.75) is 38.5 Å². The van der Waals surface area contributed by atoms with Crippen molar-refractivity contribution in [3.8, 4) is 11.5 Å². The maximum absolute atomic E-state index is 13.9. The second-order valence-electron chi connectivity index (χ2n) is 10.0. The van der Waals surface area contributed by atoms with E-state index in [0.29, 0.717) is 41.2 Å². The van der Waals surface area contributed by atoms with Crippen molar-refractivity contribution >= 4 is 33.3 Å². The predicted octanol–water partition coefficient (Wildman–Crippen LogP) is 6.78. The van der Waals surface area contributed by atoms with Gasteiger partial charge in [0.15, 0.2) is 17.3 Å². The molecular weight excluding hydrogens is 556 g/mol. The summed E-state index contributed by atoms with van der Waals surface area (Å²) in [5.74, 6) is 0.580. The maximum atomic E-state index is 13.9. The molecule has 2 aliphatic rings. The van der Waals surface area contributed by atoms with Gasteiger partial charge in [-0.05, 0) is 73.7 Å². The summed E-state index contributed by atoms with van der Waals surface area (Å²) < 4.78 is 11.8. The number of rotatable bonds is 6. The minimum Gasteiger partial charge on any atom is -0.493 e. The fourth-order valence-electron chi connectivity index (χ4n) is 5.54. The smallest absolute Gasteiger partial charge is 0.254 e. The Hall–Kier alpha value is -3.84. The Balaban J connectivity index is 1.54. The van der Waals surface area contributed by atoms with Crippen LogP contribution in [0.2, 0.25) is 0 Å². The fraction of sp³-hybridized carbons (Fsp3) is 0.250. The molecule has 0 spiro atoms. The summed E-state index contributed by atoms with van der Waals surface area (Å²) in [4.78, 5) is 27.7. The van der Waals surface area contributed by atoms with E-state index in [0.717, 1.165) is 32.6 Å². The number of methoxy groups -OCH3 is 2. The van der Waals surface area contributed by atoms with E-state index in [4.69, 9.17) is 9.47 Å². The van der Waals surface area contributed by atoms with E-state index in [2.05, 4.69) is 26.6 Å². The quantitative estimate of drug-likeness (QED) is 0.333. The lowest BCUT2D eigenvalue weighted by atomic mass is 9.71. The summed E-state index contributed by atoms with van der Waals surface area (Å²) in [6.07, 6.45) is 0.984. The number of hydrogen-bond acceptors (Lipinski definition) is 5. The molecule has 3 aromatic rings. The number of anilines is 1. The molecule has 5 rings (SSSR count). The van der Waals surface area contributed by atoms with Gasteiger partial charge in [-0.2, -0.15) is 0 Å². The molecule has 2 atom stereocenters. The zero-order valence-electron chi connectivity index (χ0n) is 22.4. The number of carbonyl (C=O) groups is 2. The van der Waals surface area contributed by atoms with Gasteiger partial charge >= 0.3 is 0 Å². The predicted molar refractivity (Wildman–Crippen MR) is 156 cm³/mol. The Kier molecular flexibility index (Phi) is 7.62. The van der Waals surface area contributed by atoms with Gasteiger partial charge in [-0.1, -0.05) is 51.8 Å². The second-order valence-corrected chi connectivity index (χ2v) is 10.9. The van der Waals surface area contributed by atoms with Crippen LogP contribution in [-0.4, -0.2) is 25.9 Å². The van der Waals surface area contributed by atoms with Gasteiger partial charge in [0, 0.05) is 45.0 Å². The largest absolute Gasteiger partial charge is 0.493 e. The van der Waals surface area contributed by atoms with Crippen molar-refractivity contribution in [1.29, 1.82) is 0 Å². The van der Waals surface area contributed by atoms with Crippen molar-refractivity contribution in [3.05, 3.63) is 110 Å². The van der Waals surface area contributed by atoms with E-state index in [1.54, 1.807) is 14.2 Å². The zero-order valence-corrected chi connectivity index (χ0v) is 24.0. The van der Waals surface area contributed by atoms with Gasteiger partial charge in [0.05, 0.1) is 14.2 Å². The first-order valence-corrected chi connectivity index (χ1v) is 13.7. The maximum Gasteiger partial charge on any atom is 0.254 e. The van der Waals surface area contributed by atoms with Crippen LogP contribution in [0.15, 0.2) is 93.7 Å². The number of amides is 1. The molecule has 3 aromatic carbocycles. The van der Waals surface area contributed by atoms with Crippen molar-refractivity contribution in [2.75, 3.05) is 19.5 Å². The molecule has 0 radical (unpaired) electrons. The highest BCUT2D eigenvalue weighted by molar-refractivity contribution is 9.10. The van der Waals surface area contributed by atoms with Crippen LogP contribution in [0.1, 0.15) is 48.3 Å². The Morgan fingerprint density at radius 1 is 0.923 bits per heavy atom. The molecule has 1 aliphatic heterocycles. The number of Topliss-reactive ketones (excluding diaryl/α,β-unsaturated/α-hetero) is 1. The first kappa shape index (κ1) is 26.8. The number of benzene rings is 3. The molecule has 1 heterocycles. The van der Waals surface area contributed by atoms with E-state index < -0.39 is 5.92 Å². The van der Waals surface area contributed by atoms with Crippen LogP contribution in [-0.2, 0) is 9.59 Å². The zero-order chi connectivity index (χ0) is 27.7. The third kappa shape index (κ3) is 5.36. The molecule has 39 heavy (non-hydrogen) atoms. The highest BCUT2D eigenvalue weighted by atomic mass is 79.9. The summed E-state index contributed by atoms with van der Waals surface area (Å²) in [6.45, 7) is 3.91. The lowest BCUT2D eigenvalue weighted by Gasteiger charge is -2.37. The molecule has 200 valence electrons. The number of hydrogen-bond donors (Lipinski definition) is 2. The lowest BCUT2D eigenvalue weighted by molar-refractivity contribution is -0.116. The normalized spacial score (nSPS) is 18.8. The standard InChI is InChI=1S/C32H31BrN2O4/c1-18-8-11-24(12-9-18)35-32(37)29-19(2)34-25-15-22(20-10-13-27(38-3)28(17-20)39-4)16-26(36)31(25)30(29)21-6-5-7-23(33)14-21/h5-14,17,22,30,34H,15-16H2,1-4H3,(H,35,37). The minimum atomic E-state index is -0.483. The molecule has 0 saturated carbocycles. The van der Waals surface area contributed by atoms with Gasteiger partial charge < -0.3 is 20.1 Å². The van der Waals surface area contributed by atoms with Crippen LogP contribution in [0.25, 0.3) is 0 Å². The number of nitrogens with one attached hydrogen (secondary N) is 2. The van der Waals surface area contributed by atoms with Crippen LogP contribution in [0.3, 0.4) is 0 Å². The average molecular weight is 588 g/mol. The third-order valence-electron chi connectivity index (χ3n) is 7.44. The number of allylic oxidation sites excluding steroid dienone is 3. The van der Waals surface area contributed by atoms with Crippen molar-refractivity contribution in [3.63, 3.8) is 0 Å². The molecule has 7 heteroatoms. The van der Waals surface area contributed by atoms with Crippen molar-refractivity contribution < 1.29 is 19.1 Å². The SMILES string of the molecule is COc1ccc(C2CC(=O)C3=C(C2)NC(C)=C(C(=O)Nc2ccc(C)cc2)C3c2cccc(Br)c2)cc1OC. The highest BCUT2D eigenvalue weighted by Gasteiger charge is 2.41. The van der Waals surface area contributed by atoms with Gasteiger partial charge in [0.25, 0.3) is 5.91 Å². The minimum absolute atomic E-state index is 0.0255. The topological polar surface area (TPSA) is 76.7 Å². The molecule has 1 amide bonds. The Bertz CT molecular complexity index is 1510. The van der Waals surface area contributed by atoms with Crippen molar-refractivity contribution in [2.24, 2.45) is 0 Å². The van der Waals surface area contributed by atoms with E-state index in [1.807, 2.05) is 80.6 Å². The van der Waals surface area contributed by atoms with E-state index in [-0.39, 0.29) is 17.6 Å². The van der Waals surface area contributed by atoms with Crippen LogP contribution >= 0.6 is 15.9 Å². The molecule has 2 N–H and O–H groups in total. The first-order chi connectivity index (χ1) is 18.8. The summed E-state index contributed by atoms with van der Waals surface area (Å²) >= 11 is 3.57. The summed E-state index contributed by atoms with van der Waals surface area (Å²) in [7, 11) is 3.21. The number of aryl methyl sites for hydroxylation is 1. The molecule has 1 aliphatic carbocycles. The molecule has 0 fully saturated rings. The average Bonchev–Trinajstić information content (AvgIpc) is 2.92. The number of carbonyl (C=O) groups excluding carboxylic acids is 2. The number of ketones is 1. The molecule has 0 aromatic heterocycles. The molecule has 2 unspecified atom stereocenters.